The van der Waals surface area contributed by atoms with Crippen molar-refractivity contribution in [1.29, 1.82) is 0 Å². The molecule has 0 spiro atoms. The SMILES string of the molecule is C=C1Cc2cc(C)cc(c2O)C=Nc2ccccc2N=Cc2cc(C)cc(c2O)CC(=C)Cc2cc(C)cc(c2O)C=Nc2ccccc2N=Cc2cc(C)cc(c2O)C1. The van der Waals surface area contributed by atoms with Crippen LogP contribution in [0, 0.1) is 27.7 Å². The number of benzene rings is 6. The minimum Gasteiger partial charge on any atom is -0.507 e. The van der Waals surface area contributed by atoms with E-state index in [0.717, 1.165) is 33.4 Å². The summed E-state index contributed by atoms with van der Waals surface area (Å²) in [5, 5.41) is 45.9. The smallest absolute Gasteiger partial charge is 0.127 e. The van der Waals surface area contributed by atoms with Gasteiger partial charge in [0.1, 0.15) is 23.0 Å². The summed E-state index contributed by atoms with van der Waals surface area (Å²) < 4.78 is 0. The van der Waals surface area contributed by atoms with Crippen molar-refractivity contribution >= 4 is 47.6 Å². The number of aromatic hydroxyl groups is 4. The molecule has 60 heavy (non-hydrogen) atoms. The van der Waals surface area contributed by atoms with Gasteiger partial charge in [0.2, 0.25) is 0 Å². The number of aryl methyl sites for hydroxylation is 4. The first-order valence-electron chi connectivity index (χ1n) is 19.8. The quantitative estimate of drug-likeness (QED) is 0.114. The second kappa shape index (κ2) is 17.7. The van der Waals surface area contributed by atoms with E-state index in [0.29, 0.717) is 92.9 Å². The Labute approximate surface area is 351 Å². The van der Waals surface area contributed by atoms with Gasteiger partial charge in [0.15, 0.2) is 0 Å². The van der Waals surface area contributed by atoms with E-state index in [-0.39, 0.29) is 23.0 Å². The second-order valence-electron chi connectivity index (χ2n) is 15.7. The van der Waals surface area contributed by atoms with E-state index in [1.54, 1.807) is 24.9 Å². The molecule has 1 heterocycles. The summed E-state index contributed by atoms with van der Waals surface area (Å²) >= 11 is 0. The summed E-state index contributed by atoms with van der Waals surface area (Å²) in [5.41, 5.74) is 12.7. The number of fused-ring (bicyclic) bond motifs is 10. The van der Waals surface area contributed by atoms with Gasteiger partial charge in [-0.3, -0.25) is 20.0 Å². The highest BCUT2D eigenvalue weighted by Crippen LogP contribution is 2.35. The number of hydrogen-bond donors (Lipinski definition) is 4. The van der Waals surface area contributed by atoms with Crippen LogP contribution in [0.15, 0.2) is 141 Å². The average molecular weight is 793 g/mol. The fourth-order valence-electron chi connectivity index (χ4n) is 7.59. The summed E-state index contributed by atoms with van der Waals surface area (Å²) in [6.07, 6.45) is 8.04. The van der Waals surface area contributed by atoms with Crippen LogP contribution in [-0.4, -0.2) is 45.3 Å². The zero-order valence-corrected chi connectivity index (χ0v) is 34.4. The van der Waals surface area contributed by atoms with Gasteiger partial charge < -0.3 is 20.4 Å². The molecule has 4 N–H and O–H groups in total. The Morgan fingerprint density at radius 1 is 0.367 bits per heavy atom. The van der Waals surface area contributed by atoms with Crippen LogP contribution in [0.25, 0.3) is 0 Å². The van der Waals surface area contributed by atoms with Crippen molar-refractivity contribution in [2.45, 2.75) is 53.4 Å². The molecule has 0 aromatic heterocycles. The maximum atomic E-state index is 11.5. The molecule has 0 saturated carbocycles. The van der Waals surface area contributed by atoms with Gasteiger partial charge >= 0.3 is 0 Å². The van der Waals surface area contributed by atoms with Gasteiger partial charge in [-0.15, -0.1) is 0 Å². The molecule has 8 heteroatoms. The monoisotopic (exact) mass is 792 g/mol. The summed E-state index contributed by atoms with van der Waals surface area (Å²) in [7, 11) is 0. The zero-order chi connectivity index (χ0) is 42.5. The highest BCUT2D eigenvalue weighted by molar-refractivity contribution is 5.92. The van der Waals surface area contributed by atoms with E-state index in [1.165, 1.54) is 0 Å². The van der Waals surface area contributed by atoms with E-state index < -0.39 is 0 Å². The molecule has 1 aliphatic rings. The van der Waals surface area contributed by atoms with E-state index in [9.17, 15) is 20.4 Å². The molecule has 0 radical (unpaired) electrons. The minimum absolute atomic E-state index is 0.102. The Bertz CT molecular complexity index is 2420. The van der Waals surface area contributed by atoms with Gasteiger partial charge in [0, 0.05) is 47.1 Å². The highest BCUT2D eigenvalue weighted by Gasteiger charge is 2.16. The number of allylic oxidation sites excluding steroid dienone is 2. The predicted molar refractivity (Wildman–Crippen MR) is 246 cm³/mol. The molecule has 0 saturated heterocycles. The number of phenols is 4. The lowest BCUT2D eigenvalue weighted by Crippen LogP contribution is -2.00. The van der Waals surface area contributed by atoms with E-state index >= 15 is 0 Å². The average Bonchev–Trinajstić information content (AvgIpc) is 3.20. The molecule has 0 fully saturated rings. The maximum Gasteiger partial charge on any atom is 0.127 e. The zero-order valence-electron chi connectivity index (χ0n) is 34.4. The van der Waals surface area contributed by atoms with Crippen molar-refractivity contribution < 1.29 is 20.4 Å². The van der Waals surface area contributed by atoms with Crippen LogP contribution >= 0.6 is 0 Å². The number of hydrogen-bond acceptors (Lipinski definition) is 8. The molecule has 0 atom stereocenters. The molecule has 7 rings (SSSR count). The molecule has 8 nitrogen and oxygen atoms in total. The van der Waals surface area contributed by atoms with Crippen molar-refractivity contribution in [2.75, 3.05) is 0 Å². The lowest BCUT2D eigenvalue weighted by molar-refractivity contribution is 0.465. The molecule has 0 amide bonds. The third-order valence-corrected chi connectivity index (χ3v) is 10.3. The topological polar surface area (TPSA) is 130 Å². The Morgan fingerprint density at radius 2 is 0.583 bits per heavy atom. The van der Waals surface area contributed by atoms with Gasteiger partial charge in [0.25, 0.3) is 0 Å². The Morgan fingerprint density at radius 3 is 0.800 bits per heavy atom. The lowest BCUT2D eigenvalue weighted by Gasteiger charge is -2.14. The Balaban J connectivity index is 1.31. The summed E-state index contributed by atoms with van der Waals surface area (Å²) in [6, 6.07) is 30.1. The highest BCUT2D eigenvalue weighted by atomic mass is 16.3. The fraction of sp³-hybridized carbons (Fsp3) is 0.154. The van der Waals surface area contributed by atoms with Crippen molar-refractivity contribution in [3.63, 3.8) is 0 Å². The molecule has 6 aromatic rings. The van der Waals surface area contributed by atoms with Crippen LogP contribution in [0.2, 0.25) is 0 Å². The van der Waals surface area contributed by atoms with Gasteiger partial charge in [-0.05, 0) is 146 Å². The van der Waals surface area contributed by atoms with Crippen molar-refractivity contribution in [1.82, 2.24) is 0 Å². The van der Waals surface area contributed by atoms with Crippen molar-refractivity contribution in [3.8, 4) is 23.0 Å². The molecular formula is C52H48N4O4. The minimum atomic E-state index is 0.102. The number of aliphatic imine (C=N–C) groups is 4. The molecule has 1 aliphatic heterocycles. The van der Waals surface area contributed by atoms with Crippen LogP contribution in [0.3, 0.4) is 0 Å². The second-order valence-corrected chi connectivity index (χ2v) is 15.7. The third kappa shape index (κ3) is 9.51. The molecule has 6 aromatic carbocycles. The van der Waals surface area contributed by atoms with Crippen molar-refractivity contribution in [3.05, 3.63) is 188 Å². The third-order valence-electron chi connectivity index (χ3n) is 10.3. The fourth-order valence-corrected chi connectivity index (χ4v) is 7.59. The molecule has 300 valence electrons. The lowest BCUT2D eigenvalue weighted by atomic mass is 9.94. The van der Waals surface area contributed by atoms with Gasteiger partial charge in [0.05, 0.1) is 22.7 Å². The van der Waals surface area contributed by atoms with Crippen LogP contribution in [0.5, 0.6) is 23.0 Å². The normalized spacial score (nSPS) is 13.5. The Kier molecular flexibility index (Phi) is 12.0. The van der Waals surface area contributed by atoms with Crippen LogP contribution in [0.1, 0.15) is 66.8 Å². The van der Waals surface area contributed by atoms with Crippen LogP contribution in [-0.2, 0) is 25.7 Å². The van der Waals surface area contributed by atoms with Gasteiger partial charge in [-0.1, -0.05) is 72.8 Å². The van der Waals surface area contributed by atoms with E-state index in [1.807, 2.05) is 125 Å². The Hall–Kier alpha value is -7.32. The molecule has 0 unspecified atom stereocenters. The summed E-state index contributed by atoms with van der Waals surface area (Å²) in [5.74, 6) is 0.408. The number of phenolic OH excluding ortho intramolecular Hbond substituents is 4. The van der Waals surface area contributed by atoms with Crippen molar-refractivity contribution in [2.24, 2.45) is 20.0 Å². The molecule has 0 aliphatic carbocycles. The molecule has 8 bridgehead atoms. The first-order valence-corrected chi connectivity index (χ1v) is 19.8. The van der Waals surface area contributed by atoms with Gasteiger partial charge in [-0.2, -0.15) is 0 Å². The standard InChI is InChI=1S/C52H48N4O4/c1-31-15-37-19-33(3)23-41(49(37)57)27-53-45-11-7-9-13-47(45)55-29-43-25-35(5)21-39(51(43)59)17-32(2)18-40-22-36(6)26-44(52(40)60)30-56-48-14-10-8-12-46(48)54-28-42-24-34(4)20-38(16-31)50(42)58/h7-14,19-30,57-60H,1-2,15-18H2,3-6H3. The van der Waals surface area contributed by atoms with Crippen LogP contribution < -0.4 is 0 Å². The summed E-state index contributed by atoms with van der Waals surface area (Å²) in [6.45, 7) is 16.5. The molecular weight excluding hydrogens is 745 g/mol. The van der Waals surface area contributed by atoms with E-state index in [2.05, 4.69) is 13.2 Å². The number of para-hydroxylation sites is 4. The van der Waals surface area contributed by atoms with Gasteiger partial charge in [-0.25, -0.2) is 0 Å². The largest absolute Gasteiger partial charge is 0.507 e. The first-order chi connectivity index (χ1) is 28.8. The van der Waals surface area contributed by atoms with Crippen LogP contribution in [0.4, 0.5) is 22.7 Å². The summed E-state index contributed by atoms with van der Waals surface area (Å²) in [4.78, 5) is 19.0. The first kappa shape index (κ1) is 40.9. The maximum absolute atomic E-state index is 11.5. The number of nitrogens with zero attached hydrogens (tertiary/aromatic N) is 4. The predicted octanol–water partition coefficient (Wildman–Crippen LogP) is 11.7. The number of rotatable bonds is 0. The van der Waals surface area contributed by atoms with E-state index in [4.69, 9.17) is 20.0 Å².